The number of carbonyl (C=O) groups excluding carboxylic acids is 3. The zero-order valence-corrected chi connectivity index (χ0v) is 18.2. The summed E-state index contributed by atoms with van der Waals surface area (Å²) in [5.41, 5.74) is 2.17. The number of hydrogen-bond acceptors (Lipinski definition) is 5. The highest BCUT2D eigenvalue weighted by Gasteiger charge is 2.32. The molecule has 8 heteroatoms. The number of nitrogens with one attached hydrogen (secondary N) is 1. The maximum Gasteiger partial charge on any atom is 0.329 e. The number of aliphatic hydroxyl groups excluding tert-OH is 1. The Morgan fingerprint density at radius 1 is 1.16 bits per heavy atom. The maximum atomic E-state index is 12.9. The number of β-amino-alcohol motifs (C(OH)–C–C–N with tert-alkyl or cyclic N) is 1. The lowest BCUT2D eigenvalue weighted by molar-refractivity contribution is -0.117. The summed E-state index contributed by atoms with van der Waals surface area (Å²) in [7, 11) is 0. The van der Waals surface area contributed by atoms with E-state index in [1.807, 2.05) is 18.2 Å². The number of carbonyl (C=O) groups is 3. The van der Waals surface area contributed by atoms with E-state index in [1.54, 1.807) is 29.2 Å². The van der Waals surface area contributed by atoms with Crippen molar-refractivity contribution in [1.29, 1.82) is 0 Å². The number of anilines is 1. The van der Waals surface area contributed by atoms with Gasteiger partial charge in [-0.2, -0.15) is 0 Å². The van der Waals surface area contributed by atoms with Crippen LogP contribution in [-0.2, 0) is 4.79 Å². The SMILES string of the molecule is CC(C)c1cccc(O[C@@H]2CCN(C(=O)c3ccc(N4CC(=O)NC4=O)cc3)C[C@H]2O)c1. The van der Waals surface area contributed by atoms with Crippen LogP contribution >= 0.6 is 0 Å². The lowest BCUT2D eigenvalue weighted by Crippen LogP contribution is -2.51. The number of likely N-dealkylation sites (tertiary alicyclic amines) is 1. The molecule has 0 radical (unpaired) electrons. The van der Waals surface area contributed by atoms with E-state index in [1.165, 1.54) is 10.5 Å². The number of amides is 4. The Kier molecular flexibility index (Phi) is 6.14. The number of aliphatic hydroxyl groups is 1. The molecule has 0 saturated carbocycles. The van der Waals surface area contributed by atoms with Crippen molar-refractivity contribution in [3.05, 3.63) is 59.7 Å². The quantitative estimate of drug-likeness (QED) is 0.701. The third-order valence-corrected chi connectivity index (χ3v) is 5.84. The summed E-state index contributed by atoms with van der Waals surface area (Å²) in [6, 6.07) is 13.9. The highest BCUT2D eigenvalue weighted by Crippen LogP contribution is 2.25. The van der Waals surface area contributed by atoms with E-state index in [0.717, 1.165) is 5.75 Å². The molecule has 0 aromatic heterocycles. The molecule has 8 nitrogen and oxygen atoms in total. The summed E-state index contributed by atoms with van der Waals surface area (Å²) in [5, 5.41) is 12.8. The number of nitrogens with zero attached hydrogens (tertiary/aromatic N) is 2. The van der Waals surface area contributed by atoms with Crippen molar-refractivity contribution >= 4 is 23.5 Å². The molecule has 2 fully saturated rings. The van der Waals surface area contributed by atoms with Crippen LogP contribution in [0.2, 0.25) is 0 Å². The second-order valence-corrected chi connectivity index (χ2v) is 8.48. The van der Waals surface area contributed by atoms with Crippen LogP contribution in [0, 0.1) is 0 Å². The molecule has 2 aliphatic heterocycles. The average Bonchev–Trinajstić information content (AvgIpc) is 3.12. The molecule has 0 aliphatic carbocycles. The fraction of sp³-hybridized carbons (Fsp3) is 0.375. The van der Waals surface area contributed by atoms with Crippen molar-refractivity contribution in [2.75, 3.05) is 24.5 Å². The average molecular weight is 437 g/mol. The molecule has 32 heavy (non-hydrogen) atoms. The standard InChI is InChI=1S/C24H27N3O5/c1-15(2)17-4-3-5-19(12-17)32-21-10-11-26(13-20(21)28)23(30)16-6-8-18(9-7-16)27-14-22(29)25-24(27)31/h3-9,12,15,20-21,28H,10-11,13-14H2,1-2H3,(H,25,29,31)/t20-,21-/m1/s1. The van der Waals surface area contributed by atoms with Crippen LogP contribution in [0.4, 0.5) is 10.5 Å². The van der Waals surface area contributed by atoms with Gasteiger partial charge in [-0.25, -0.2) is 4.79 Å². The molecule has 2 aliphatic rings. The first-order valence-corrected chi connectivity index (χ1v) is 10.8. The van der Waals surface area contributed by atoms with E-state index in [4.69, 9.17) is 4.74 Å². The predicted octanol–water partition coefficient (Wildman–Crippen LogP) is 2.52. The molecule has 2 saturated heterocycles. The van der Waals surface area contributed by atoms with E-state index >= 15 is 0 Å². The second kappa shape index (κ2) is 9.00. The van der Waals surface area contributed by atoms with Crippen LogP contribution in [-0.4, -0.2) is 59.7 Å². The van der Waals surface area contributed by atoms with Gasteiger partial charge in [0.2, 0.25) is 5.91 Å². The van der Waals surface area contributed by atoms with Gasteiger partial charge in [0, 0.05) is 24.2 Å². The molecule has 2 heterocycles. The highest BCUT2D eigenvalue weighted by atomic mass is 16.5. The number of hydrogen-bond donors (Lipinski definition) is 2. The molecule has 2 aromatic carbocycles. The first kappa shape index (κ1) is 21.8. The zero-order chi connectivity index (χ0) is 22.8. The van der Waals surface area contributed by atoms with Crippen LogP contribution in [0.15, 0.2) is 48.5 Å². The van der Waals surface area contributed by atoms with Crippen LogP contribution in [0.1, 0.15) is 42.1 Å². The monoisotopic (exact) mass is 437 g/mol. The van der Waals surface area contributed by atoms with Crippen LogP contribution in [0.25, 0.3) is 0 Å². The van der Waals surface area contributed by atoms with Gasteiger partial charge in [-0.15, -0.1) is 0 Å². The van der Waals surface area contributed by atoms with E-state index in [0.29, 0.717) is 30.1 Å². The Morgan fingerprint density at radius 3 is 2.53 bits per heavy atom. The van der Waals surface area contributed by atoms with Gasteiger partial charge in [0.15, 0.2) is 0 Å². The summed E-state index contributed by atoms with van der Waals surface area (Å²) in [5.74, 6) is 0.553. The first-order chi connectivity index (χ1) is 15.3. The largest absolute Gasteiger partial charge is 0.488 e. The van der Waals surface area contributed by atoms with Gasteiger partial charge < -0.3 is 14.7 Å². The molecule has 168 valence electrons. The topological polar surface area (TPSA) is 99.2 Å². The Bertz CT molecular complexity index is 1020. The summed E-state index contributed by atoms with van der Waals surface area (Å²) < 4.78 is 6.02. The molecule has 4 rings (SSSR count). The highest BCUT2D eigenvalue weighted by molar-refractivity contribution is 6.12. The van der Waals surface area contributed by atoms with Crippen molar-refractivity contribution < 1.29 is 24.2 Å². The Hall–Kier alpha value is -3.39. The van der Waals surface area contributed by atoms with E-state index in [2.05, 4.69) is 25.2 Å². The summed E-state index contributed by atoms with van der Waals surface area (Å²) >= 11 is 0. The van der Waals surface area contributed by atoms with Gasteiger partial charge in [-0.05, 0) is 47.9 Å². The van der Waals surface area contributed by atoms with Crippen LogP contribution in [0.5, 0.6) is 5.75 Å². The lowest BCUT2D eigenvalue weighted by Gasteiger charge is -2.36. The van der Waals surface area contributed by atoms with E-state index in [-0.39, 0.29) is 31.0 Å². The van der Waals surface area contributed by atoms with E-state index in [9.17, 15) is 19.5 Å². The summed E-state index contributed by atoms with van der Waals surface area (Å²) in [6.07, 6.45) is -0.656. The molecule has 4 amide bonds. The molecule has 0 bridgehead atoms. The van der Waals surface area contributed by atoms with Crippen molar-refractivity contribution in [2.24, 2.45) is 0 Å². The van der Waals surface area contributed by atoms with Gasteiger partial charge >= 0.3 is 6.03 Å². The molecule has 0 unspecified atom stereocenters. The number of ether oxygens (including phenoxy) is 1. The Balaban J connectivity index is 1.37. The summed E-state index contributed by atoms with van der Waals surface area (Å²) in [4.78, 5) is 39.0. The van der Waals surface area contributed by atoms with Gasteiger partial charge in [0.05, 0.1) is 6.54 Å². The normalized spacial score (nSPS) is 21.1. The first-order valence-electron chi connectivity index (χ1n) is 10.8. The van der Waals surface area contributed by atoms with Gasteiger partial charge in [-0.3, -0.25) is 19.8 Å². The zero-order valence-electron chi connectivity index (χ0n) is 18.2. The van der Waals surface area contributed by atoms with Crippen LogP contribution in [0.3, 0.4) is 0 Å². The fourth-order valence-electron chi connectivity index (χ4n) is 3.97. The minimum absolute atomic E-state index is 0.0358. The third-order valence-electron chi connectivity index (χ3n) is 5.84. The van der Waals surface area contributed by atoms with Gasteiger partial charge in [0.1, 0.15) is 24.5 Å². The van der Waals surface area contributed by atoms with Gasteiger partial charge in [0.25, 0.3) is 5.91 Å². The summed E-state index contributed by atoms with van der Waals surface area (Å²) in [6.45, 7) is 4.84. The van der Waals surface area contributed by atoms with E-state index < -0.39 is 12.1 Å². The number of rotatable bonds is 5. The maximum absolute atomic E-state index is 12.9. The minimum Gasteiger partial charge on any atom is -0.488 e. The molecular weight excluding hydrogens is 410 g/mol. The Morgan fingerprint density at radius 2 is 1.91 bits per heavy atom. The van der Waals surface area contributed by atoms with Crippen molar-refractivity contribution in [2.45, 2.75) is 38.4 Å². The minimum atomic E-state index is -0.797. The Labute approximate surface area is 186 Å². The molecule has 2 atom stereocenters. The van der Waals surface area contributed by atoms with Gasteiger partial charge in [-0.1, -0.05) is 26.0 Å². The molecular formula is C24H27N3O5. The third kappa shape index (κ3) is 4.60. The lowest BCUT2D eigenvalue weighted by atomic mass is 10.0. The fourth-order valence-corrected chi connectivity index (χ4v) is 3.97. The molecule has 0 spiro atoms. The van der Waals surface area contributed by atoms with Crippen LogP contribution < -0.4 is 15.0 Å². The number of urea groups is 1. The smallest absolute Gasteiger partial charge is 0.329 e. The molecule has 2 aromatic rings. The second-order valence-electron chi connectivity index (χ2n) is 8.48. The number of piperidine rings is 1. The van der Waals surface area contributed by atoms with Crippen molar-refractivity contribution in [1.82, 2.24) is 10.2 Å². The number of benzene rings is 2. The predicted molar refractivity (Wildman–Crippen MR) is 119 cm³/mol. The van der Waals surface area contributed by atoms with Crippen molar-refractivity contribution in [3.8, 4) is 5.75 Å². The molecule has 2 N–H and O–H groups in total. The number of imide groups is 1. The van der Waals surface area contributed by atoms with Crippen molar-refractivity contribution in [3.63, 3.8) is 0 Å².